The predicted octanol–water partition coefficient (Wildman–Crippen LogP) is 2.25. The fourth-order valence-corrected chi connectivity index (χ4v) is 2.93. The van der Waals surface area contributed by atoms with Crippen molar-refractivity contribution in [2.75, 3.05) is 26.0 Å². The summed E-state index contributed by atoms with van der Waals surface area (Å²) in [6.07, 6.45) is 0.250. The molecule has 0 aromatic carbocycles. The van der Waals surface area contributed by atoms with Crippen LogP contribution in [0.5, 0.6) is 0 Å². The van der Waals surface area contributed by atoms with Gasteiger partial charge in [-0.15, -0.1) is 23.1 Å². The Hall–Kier alpha value is -1.01. The molecule has 1 heterocycles. The summed E-state index contributed by atoms with van der Waals surface area (Å²) in [5.74, 6) is 0.167. The van der Waals surface area contributed by atoms with E-state index in [9.17, 15) is 9.59 Å². The lowest BCUT2D eigenvalue weighted by atomic mass is 10.4. The van der Waals surface area contributed by atoms with E-state index in [1.54, 1.807) is 30.2 Å². The summed E-state index contributed by atoms with van der Waals surface area (Å²) < 4.78 is 5.94. The summed E-state index contributed by atoms with van der Waals surface area (Å²) in [6.45, 7) is 2.55. The normalized spacial score (nSPS) is 10.1. The molecule has 100 valence electrons. The molecule has 1 rings (SSSR count). The van der Waals surface area contributed by atoms with Gasteiger partial charge in [0.2, 0.25) is 5.91 Å². The first kappa shape index (κ1) is 15.0. The first-order valence-corrected chi connectivity index (χ1v) is 7.56. The van der Waals surface area contributed by atoms with E-state index in [1.165, 1.54) is 11.8 Å². The molecule has 0 saturated carbocycles. The second-order valence-electron chi connectivity index (χ2n) is 3.59. The van der Waals surface area contributed by atoms with Crippen LogP contribution in [0, 0.1) is 0 Å². The maximum atomic E-state index is 11.8. The van der Waals surface area contributed by atoms with Crippen molar-refractivity contribution in [2.24, 2.45) is 0 Å². The standard InChI is InChI=1S/C12H17NO3S2/c1-3-16-11(15)6-7-13(2)10(14)9-18-12-5-4-8-17-12/h4-5,8H,3,6-7,9H2,1-2H3. The van der Waals surface area contributed by atoms with Crippen LogP contribution in [0.1, 0.15) is 13.3 Å². The van der Waals surface area contributed by atoms with E-state index in [2.05, 4.69) is 0 Å². The van der Waals surface area contributed by atoms with E-state index in [0.29, 0.717) is 18.9 Å². The van der Waals surface area contributed by atoms with Gasteiger partial charge in [0.1, 0.15) is 0 Å². The minimum Gasteiger partial charge on any atom is -0.466 e. The van der Waals surface area contributed by atoms with E-state index >= 15 is 0 Å². The zero-order valence-electron chi connectivity index (χ0n) is 10.5. The maximum Gasteiger partial charge on any atom is 0.307 e. The Labute approximate surface area is 115 Å². The van der Waals surface area contributed by atoms with Gasteiger partial charge in [0, 0.05) is 13.6 Å². The molecule has 0 N–H and O–H groups in total. The van der Waals surface area contributed by atoms with E-state index in [1.807, 2.05) is 17.5 Å². The molecule has 0 saturated heterocycles. The first-order chi connectivity index (χ1) is 8.63. The third-order valence-electron chi connectivity index (χ3n) is 2.22. The van der Waals surface area contributed by atoms with Crippen molar-refractivity contribution in [2.45, 2.75) is 17.6 Å². The highest BCUT2D eigenvalue weighted by Gasteiger charge is 2.11. The number of ether oxygens (including phenoxy) is 1. The van der Waals surface area contributed by atoms with Gasteiger partial charge in [0.15, 0.2) is 0 Å². The van der Waals surface area contributed by atoms with Crippen molar-refractivity contribution in [1.82, 2.24) is 4.90 Å². The van der Waals surface area contributed by atoms with Crippen LogP contribution in [0.4, 0.5) is 0 Å². The molecule has 6 heteroatoms. The maximum absolute atomic E-state index is 11.8. The average Bonchev–Trinajstić information content (AvgIpc) is 2.86. The summed E-state index contributed by atoms with van der Waals surface area (Å²) in [5.41, 5.74) is 0. The number of rotatable bonds is 7. The van der Waals surface area contributed by atoms with E-state index < -0.39 is 0 Å². The zero-order valence-corrected chi connectivity index (χ0v) is 12.2. The van der Waals surface area contributed by atoms with Crippen molar-refractivity contribution in [1.29, 1.82) is 0 Å². The topological polar surface area (TPSA) is 46.6 Å². The summed E-state index contributed by atoms with van der Waals surface area (Å²) in [7, 11) is 1.70. The monoisotopic (exact) mass is 287 g/mol. The molecule has 0 radical (unpaired) electrons. The lowest BCUT2D eigenvalue weighted by Crippen LogP contribution is -2.30. The highest BCUT2D eigenvalue weighted by Crippen LogP contribution is 2.23. The Morgan fingerprint density at radius 2 is 2.28 bits per heavy atom. The summed E-state index contributed by atoms with van der Waals surface area (Å²) >= 11 is 3.14. The van der Waals surface area contributed by atoms with Gasteiger partial charge in [-0.05, 0) is 18.4 Å². The van der Waals surface area contributed by atoms with Crippen LogP contribution in [-0.4, -0.2) is 42.7 Å². The van der Waals surface area contributed by atoms with Crippen molar-refractivity contribution < 1.29 is 14.3 Å². The van der Waals surface area contributed by atoms with Gasteiger partial charge in [0.25, 0.3) is 0 Å². The largest absolute Gasteiger partial charge is 0.466 e. The molecule has 0 aliphatic carbocycles. The van der Waals surface area contributed by atoms with Crippen molar-refractivity contribution in [3.05, 3.63) is 17.5 Å². The van der Waals surface area contributed by atoms with Crippen LogP contribution in [0.25, 0.3) is 0 Å². The molecular formula is C12H17NO3S2. The number of thioether (sulfide) groups is 1. The van der Waals surface area contributed by atoms with Crippen molar-refractivity contribution in [3.8, 4) is 0 Å². The Kier molecular flexibility index (Phi) is 6.82. The average molecular weight is 287 g/mol. The van der Waals surface area contributed by atoms with Gasteiger partial charge in [0.05, 0.1) is 23.0 Å². The van der Waals surface area contributed by atoms with Crippen LogP contribution in [0.15, 0.2) is 21.7 Å². The molecule has 0 spiro atoms. The number of esters is 1. The highest BCUT2D eigenvalue weighted by atomic mass is 32.2. The van der Waals surface area contributed by atoms with E-state index in [4.69, 9.17) is 4.74 Å². The second-order valence-corrected chi connectivity index (χ2v) is 5.81. The third-order valence-corrected chi connectivity index (χ3v) is 4.33. The molecule has 0 unspecified atom stereocenters. The second kappa shape index (κ2) is 8.16. The van der Waals surface area contributed by atoms with Gasteiger partial charge in [-0.1, -0.05) is 6.07 Å². The summed E-state index contributed by atoms with van der Waals surface area (Å²) in [5, 5.41) is 1.98. The van der Waals surface area contributed by atoms with Crippen molar-refractivity contribution >= 4 is 35.0 Å². The lowest BCUT2D eigenvalue weighted by Gasteiger charge is -2.16. The molecule has 0 fully saturated rings. The Balaban J connectivity index is 2.22. The Morgan fingerprint density at radius 3 is 2.89 bits per heavy atom. The van der Waals surface area contributed by atoms with Gasteiger partial charge < -0.3 is 9.64 Å². The van der Waals surface area contributed by atoms with Crippen LogP contribution in [0.2, 0.25) is 0 Å². The minimum atomic E-state index is -0.261. The molecule has 18 heavy (non-hydrogen) atoms. The quantitative estimate of drug-likeness (QED) is 0.570. The fourth-order valence-electron chi connectivity index (χ4n) is 1.21. The number of carbonyl (C=O) groups is 2. The first-order valence-electron chi connectivity index (χ1n) is 5.69. The molecule has 1 amide bonds. The van der Waals surface area contributed by atoms with Crippen LogP contribution < -0.4 is 0 Å². The number of nitrogens with zero attached hydrogens (tertiary/aromatic N) is 1. The zero-order chi connectivity index (χ0) is 13.4. The summed E-state index contributed by atoms with van der Waals surface area (Å²) in [4.78, 5) is 24.5. The van der Waals surface area contributed by atoms with Gasteiger partial charge >= 0.3 is 5.97 Å². The molecule has 0 bridgehead atoms. The number of hydrogen-bond donors (Lipinski definition) is 0. The van der Waals surface area contributed by atoms with Crippen LogP contribution in [-0.2, 0) is 14.3 Å². The Bertz CT molecular complexity index is 379. The van der Waals surface area contributed by atoms with Crippen LogP contribution >= 0.6 is 23.1 Å². The molecule has 0 aliphatic rings. The van der Waals surface area contributed by atoms with Crippen molar-refractivity contribution in [3.63, 3.8) is 0 Å². The molecule has 0 atom stereocenters. The molecular weight excluding hydrogens is 270 g/mol. The number of hydrogen-bond acceptors (Lipinski definition) is 5. The number of carbonyl (C=O) groups excluding carboxylic acids is 2. The number of thiophene rings is 1. The highest BCUT2D eigenvalue weighted by molar-refractivity contribution is 8.01. The van der Waals surface area contributed by atoms with Crippen LogP contribution in [0.3, 0.4) is 0 Å². The van der Waals surface area contributed by atoms with E-state index in [0.717, 1.165) is 4.21 Å². The Morgan fingerprint density at radius 1 is 1.50 bits per heavy atom. The van der Waals surface area contributed by atoms with Gasteiger partial charge in [-0.25, -0.2) is 0 Å². The van der Waals surface area contributed by atoms with Gasteiger partial charge in [-0.2, -0.15) is 0 Å². The minimum absolute atomic E-state index is 0.0256. The number of amides is 1. The lowest BCUT2D eigenvalue weighted by molar-refractivity contribution is -0.143. The third kappa shape index (κ3) is 5.55. The molecule has 1 aromatic rings. The molecule has 0 aliphatic heterocycles. The fraction of sp³-hybridized carbons (Fsp3) is 0.500. The van der Waals surface area contributed by atoms with Gasteiger partial charge in [-0.3, -0.25) is 9.59 Å². The predicted molar refractivity (Wildman–Crippen MR) is 73.9 cm³/mol. The SMILES string of the molecule is CCOC(=O)CCN(C)C(=O)CSc1cccs1. The molecule has 4 nitrogen and oxygen atoms in total. The smallest absolute Gasteiger partial charge is 0.307 e. The van der Waals surface area contributed by atoms with E-state index in [-0.39, 0.29) is 18.3 Å². The molecule has 1 aromatic heterocycles. The summed E-state index contributed by atoms with van der Waals surface area (Å²) in [6, 6.07) is 3.95.